The van der Waals surface area contributed by atoms with Crippen LogP contribution in [0.5, 0.6) is 0 Å². The molecule has 3 nitrogen and oxygen atoms in total. The fourth-order valence-corrected chi connectivity index (χ4v) is 2.64. The lowest BCUT2D eigenvalue weighted by atomic mass is 9.96. The quantitative estimate of drug-likeness (QED) is 0.928. The molecule has 1 amide bonds. The minimum absolute atomic E-state index is 0.0482. The van der Waals surface area contributed by atoms with E-state index in [1.807, 2.05) is 6.92 Å². The Hall–Kier alpha value is -1.56. The second kappa shape index (κ2) is 5.33. The molecule has 1 aromatic carbocycles. The number of benzene rings is 1. The second-order valence-corrected chi connectivity index (χ2v) is 5.93. The van der Waals surface area contributed by atoms with Crippen LogP contribution < -0.4 is 5.43 Å². The van der Waals surface area contributed by atoms with Gasteiger partial charge in [0, 0.05) is 12.0 Å². The van der Waals surface area contributed by atoms with Crippen molar-refractivity contribution in [2.24, 2.45) is 0 Å². The van der Waals surface area contributed by atoms with Crippen LogP contribution in [0.4, 0.5) is 13.2 Å². The van der Waals surface area contributed by atoms with Crippen LogP contribution >= 0.6 is 0 Å². The third-order valence-corrected chi connectivity index (χ3v) is 3.76. The standard InChI is InChI=1S/C15H19F3N2O/c1-4-10-5-7-11(8-6-10)13(15(16,17)18)20-14(2,3)9-12(21)19-20/h5-8,13H,4,9H2,1-3H3,(H,19,21)/t13-/m0/s1. The molecule has 1 N–H and O–H groups in total. The molecule has 1 saturated heterocycles. The summed E-state index contributed by atoms with van der Waals surface area (Å²) in [5.41, 5.74) is 2.57. The number of nitrogens with one attached hydrogen (secondary N) is 1. The van der Waals surface area contributed by atoms with Crippen LogP contribution in [-0.4, -0.2) is 22.6 Å². The Bertz CT molecular complexity index is 523. The van der Waals surface area contributed by atoms with Crippen LogP contribution in [0, 0.1) is 0 Å². The van der Waals surface area contributed by atoms with E-state index in [2.05, 4.69) is 5.43 Å². The van der Waals surface area contributed by atoms with Crippen molar-refractivity contribution in [2.75, 3.05) is 0 Å². The smallest absolute Gasteiger partial charge is 0.287 e. The maximum absolute atomic E-state index is 13.5. The zero-order valence-electron chi connectivity index (χ0n) is 12.3. The first-order valence-corrected chi connectivity index (χ1v) is 6.89. The predicted octanol–water partition coefficient (Wildman–Crippen LogP) is 3.37. The minimum atomic E-state index is -4.47. The molecule has 1 atom stereocenters. The van der Waals surface area contributed by atoms with Gasteiger partial charge in [-0.15, -0.1) is 0 Å². The molecule has 116 valence electrons. The first kappa shape index (κ1) is 15.8. The van der Waals surface area contributed by atoms with Crippen LogP contribution in [0.3, 0.4) is 0 Å². The van der Waals surface area contributed by atoms with Crippen molar-refractivity contribution in [1.82, 2.24) is 10.4 Å². The highest BCUT2D eigenvalue weighted by Gasteiger charge is 2.52. The molecule has 1 heterocycles. The number of alkyl halides is 3. The molecule has 6 heteroatoms. The van der Waals surface area contributed by atoms with Crippen LogP contribution in [0.25, 0.3) is 0 Å². The van der Waals surface area contributed by atoms with Gasteiger partial charge in [0.15, 0.2) is 6.04 Å². The van der Waals surface area contributed by atoms with E-state index in [1.165, 1.54) is 12.1 Å². The first-order valence-electron chi connectivity index (χ1n) is 6.89. The third-order valence-electron chi connectivity index (χ3n) is 3.76. The molecular formula is C15H19F3N2O. The van der Waals surface area contributed by atoms with E-state index in [9.17, 15) is 18.0 Å². The lowest BCUT2D eigenvalue weighted by Gasteiger charge is -2.37. The highest BCUT2D eigenvalue weighted by molar-refractivity contribution is 5.79. The van der Waals surface area contributed by atoms with Crippen molar-refractivity contribution in [3.8, 4) is 0 Å². The zero-order chi connectivity index (χ0) is 15.8. The highest BCUT2D eigenvalue weighted by Crippen LogP contribution is 2.42. The number of aryl methyl sites for hydroxylation is 1. The Morgan fingerprint density at radius 1 is 1.29 bits per heavy atom. The molecule has 0 aromatic heterocycles. The summed E-state index contributed by atoms with van der Waals surface area (Å²) >= 11 is 0. The number of halogens is 3. The topological polar surface area (TPSA) is 32.3 Å². The van der Waals surface area contributed by atoms with E-state index in [4.69, 9.17) is 0 Å². The number of nitrogens with zero attached hydrogens (tertiary/aromatic N) is 1. The number of hydrogen-bond donors (Lipinski definition) is 1. The van der Waals surface area contributed by atoms with Crippen molar-refractivity contribution < 1.29 is 18.0 Å². The molecule has 0 radical (unpaired) electrons. The van der Waals surface area contributed by atoms with Crippen LogP contribution in [0.2, 0.25) is 0 Å². The molecule has 0 spiro atoms. The molecule has 1 fully saturated rings. The largest absolute Gasteiger partial charge is 0.409 e. The molecule has 2 rings (SSSR count). The summed E-state index contributed by atoms with van der Waals surface area (Å²) in [4.78, 5) is 11.5. The molecule has 0 unspecified atom stereocenters. The van der Waals surface area contributed by atoms with E-state index in [0.29, 0.717) is 0 Å². The minimum Gasteiger partial charge on any atom is -0.287 e. The molecular weight excluding hydrogens is 281 g/mol. The van der Waals surface area contributed by atoms with Gasteiger partial charge in [0.2, 0.25) is 5.91 Å². The molecule has 1 aromatic rings. The van der Waals surface area contributed by atoms with Gasteiger partial charge in [-0.25, -0.2) is 0 Å². The maximum Gasteiger partial charge on any atom is 0.409 e. The Morgan fingerprint density at radius 3 is 2.24 bits per heavy atom. The lowest BCUT2D eigenvalue weighted by Crippen LogP contribution is -2.51. The number of hydrogen-bond acceptors (Lipinski definition) is 2. The Labute approximate surface area is 122 Å². The third kappa shape index (κ3) is 3.20. The van der Waals surface area contributed by atoms with Gasteiger partial charge in [-0.05, 0) is 31.4 Å². The molecule has 0 aliphatic carbocycles. The monoisotopic (exact) mass is 300 g/mol. The van der Waals surface area contributed by atoms with Crippen molar-refractivity contribution in [3.05, 3.63) is 35.4 Å². The summed E-state index contributed by atoms with van der Waals surface area (Å²) in [6.45, 7) is 5.20. The summed E-state index contributed by atoms with van der Waals surface area (Å²) in [5, 5.41) is 1.02. The van der Waals surface area contributed by atoms with Crippen LogP contribution in [0.1, 0.15) is 44.4 Å². The predicted molar refractivity (Wildman–Crippen MR) is 73.3 cm³/mol. The van der Waals surface area contributed by atoms with Crippen molar-refractivity contribution >= 4 is 5.91 Å². The number of amides is 1. The van der Waals surface area contributed by atoms with E-state index >= 15 is 0 Å². The normalized spacial score (nSPS) is 20.4. The van der Waals surface area contributed by atoms with Gasteiger partial charge >= 0.3 is 6.18 Å². The Balaban J connectivity index is 2.41. The van der Waals surface area contributed by atoms with Crippen molar-refractivity contribution in [1.29, 1.82) is 0 Å². The van der Waals surface area contributed by atoms with E-state index in [-0.39, 0.29) is 17.9 Å². The van der Waals surface area contributed by atoms with Gasteiger partial charge in [-0.1, -0.05) is 31.2 Å². The van der Waals surface area contributed by atoms with Gasteiger partial charge in [-0.2, -0.15) is 18.2 Å². The first-order chi connectivity index (χ1) is 9.65. The summed E-state index contributed by atoms with van der Waals surface area (Å²) in [6.07, 6.45) is -3.65. The van der Waals surface area contributed by atoms with Crippen LogP contribution in [-0.2, 0) is 11.2 Å². The average Bonchev–Trinajstić information content (AvgIpc) is 2.62. The summed E-state index contributed by atoms with van der Waals surface area (Å²) in [5.74, 6) is -0.389. The van der Waals surface area contributed by atoms with Gasteiger partial charge in [0.1, 0.15) is 0 Å². The molecule has 1 aliphatic rings. The number of hydrazine groups is 1. The van der Waals surface area contributed by atoms with E-state index in [0.717, 1.165) is 17.0 Å². The number of carbonyl (C=O) groups excluding carboxylic acids is 1. The Morgan fingerprint density at radius 2 is 1.86 bits per heavy atom. The molecule has 0 bridgehead atoms. The van der Waals surface area contributed by atoms with Gasteiger partial charge in [-0.3, -0.25) is 10.2 Å². The van der Waals surface area contributed by atoms with Crippen LogP contribution in [0.15, 0.2) is 24.3 Å². The lowest BCUT2D eigenvalue weighted by molar-refractivity contribution is -0.203. The fourth-order valence-electron chi connectivity index (χ4n) is 2.64. The SMILES string of the molecule is CCc1ccc([C@H](N2NC(=O)CC2(C)C)C(F)(F)F)cc1. The fraction of sp³-hybridized carbons (Fsp3) is 0.533. The summed E-state index contributed by atoms with van der Waals surface area (Å²) < 4.78 is 40.6. The zero-order valence-corrected chi connectivity index (χ0v) is 12.3. The van der Waals surface area contributed by atoms with Gasteiger partial charge in [0.25, 0.3) is 0 Å². The Kier molecular flexibility index (Phi) is 4.02. The maximum atomic E-state index is 13.5. The number of rotatable bonds is 3. The van der Waals surface area contributed by atoms with E-state index in [1.54, 1.807) is 26.0 Å². The molecule has 21 heavy (non-hydrogen) atoms. The molecule has 1 aliphatic heterocycles. The molecule has 0 saturated carbocycles. The van der Waals surface area contributed by atoms with E-state index < -0.39 is 17.8 Å². The number of carbonyl (C=O) groups is 1. The van der Waals surface area contributed by atoms with Crippen molar-refractivity contribution in [2.45, 2.75) is 51.4 Å². The highest BCUT2D eigenvalue weighted by atomic mass is 19.4. The van der Waals surface area contributed by atoms with Gasteiger partial charge < -0.3 is 0 Å². The average molecular weight is 300 g/mol. The van der Waals surface area contributed by atoms with Crippen molar-refractivity contribution in [3.63, 3.8) is 0 Å². The second-order valence-electron chi connectivity index (χ2n) is 5.93. The summed E-state index contributed by atoms with van der Waals surface area (Å²) in [6, 6.07) is 4.51. The van der Waals surface area contributed by atoms with Gasteiger partial charge in [0.05, 0.1) is 0 Å². The summed E-state index contributed by atoms with van der Waals surface area (Å²) in [7, 11) is 0.